The smallest absolute Gasteiger partial charge is 0.305 e. The SMILES string of the molecule is CCCCCCC/C=C\CCCCCCCC(=O)OCCCCCCCCCCC/C=C\CCCCCCCC(=O)NC(COC1OC(CO)C(O)C(O)C1O)C(O)/C=C/CCCCCCCCC. The van der Waals surface area contributed by atoms with Crippen LogP contribution in [0, 0.1) is 0 Å². The van der Waals surface area contributed by atoms with Crippen molar-refractivity contribution in [2.24, 2.45) is 0 Å². The molecule has 0 aromatic rings. The van der Waals surface area contributed by atoms with Gasteiger partial charge in [0, 0.05) is 12.8 Å². The highest BCUT2D eigenvalue weighted by Gasteiger charge is 2.44. The fraction of sp³-hybridized carbons (Fsp3) is 0.862. The molecule has 69 heavy (non-hydrogen) atoms. The second-order valence-electron chi connectivity index (χ2n) is 20.0. The largest absolute Gasteiger partial charge is 0.466 e. The molecule has 11 heteroatoms. The van der Waals surface area contributed by atoms with Crippen LogP contribution in [0.4, 0.5) is 0 Å². The molecule has 1 heterocycles. The molecule has 1 aliphatic rings. The van der Waals surface area contributed by atoms with E-state index in [4.69, 9.17) is 14.2 Å². The highest BCUT2D eigenvalue weighted by molar-refractivity contribution is 5.76. The summed E-state index contributed by atoms with van der Waals surface area (Å²) >= 11 is 0. The molecule has 11 nitrogen and oxygen atoms in total. The van der Waals surface area contributed by atoms with Gasteiger partial charge < -0.3 is 45.1 Å². The first-order valence-electron chi connectivity index (χ1n) is 28.8. The molecule has 1 aliphatic heterocycles. The standard InChI is InChI=1S/C58H107NO10/c1-3-5-7-9-11-13-14-15-23-26-30-34-38-42-46-54(63)67-47-43-39-35-31-27-24-21-19-17-16-18-20-22-25-29-33-37-41-45-53(62)59-50(51(61)44-40-36-32-28-12-10-8-6-4-2)49-68-58-57(66)56(65)55(64)52(48-60)69-58/h14-15,18,20,40,44,50-52,55-58,60-61,64-66H,3-13,16-17,19,21-39,41-43,45-49H2,1-2H3,(H,59,62)/b15-14-,20-18-,44-40+. The summed E-state index contributed by atoms with van der Waals surface area (Å²) in [6.45, 7) is 4.27. The molecule has 1 saturated heterocycles. The number of esters is 1. The molecule has 0 radical (unpaired) electrons. The lowest BCUT2D eigenvalue weighted by Crippen LogP contribution is -2.60. The van der Waals surface area contributed by atoms with Crippen molar-refractivity contribution in [3.63, 3.8) is 0 Å². The Kier molecular flexibility index (Phi) is 45.3. The van der Waals surface area contributed by atoms with Crippen molar-refractivity contribution >= 4 is 11.9 Å². The predicted octanol–water partition coefficient (Wildman–Crippen LogP) is 12.7. The van der Waals surface area contributed by atoms with Crippen molar-refractivity contribution in [3.05, 3.63) is 36.5 Å². The van der Waals surface area contributed by atoms with E-state index in [-0.39, 0.29) is 18.5 Å². The van der Waals surface area contributed by atoms with Gasteiger partial charge in [0.15, 0.2) is 6.29 Å². The van der Waals surface area contributed by atoms with Crippen LogP contribution in [-0.2, 0) is 23.8 Å². The highest BCUT2D eigenvalue weighted by Crippen LogP contribution is 2.23. The number of amides is 1. The Labute approximate surface area is 422 Å². The molecule has 0 saturated carbocycles. The molecule has 404 valence electrons. The van der Waals surface area contributed by atoms with E-state index in [1.54, 1.807) is 6.08 Å². The van der Waals surface area contributed by atoms with Crippen LogP contribution in [0.3, 0.4) is 0 Å². The number of nitrogens with one attached hydrogen (secondary N) is 1. The van der Waals surface area contributed by atoms with Gasteiger partial charge in [0.2, 0.25) is 5.91 Å². The molecular weight excluding hydrogens is 871 g/mol. The number of carbonyl (C=O) groups excluding carboxylic acids is 2. The molecule has 0 bridgehead atoms. The maximum atomic E-state index is 13.0. The number of aliphatic hydroxyl groups is 5. The number of unbranched alkanes of at least 4 members (excludes halogenated alkanes) is 31. The number of allylic oxidation sites excluding steroid dienone is 5. The van der Waals surface area contributed by atoms with Crippen LogP contribution in [0.2, 0.25) is 0 Å². The van der Waals surface area contributed by atoms with Crippen molar-refractivity contribution in [3.8, 4) is 0 Å². The third-order valence-electron chi connectivity index (χ3n) is 13.5. The van der Waals surface area contributed by atoms with E-state index in [9.17, 15) is 35.1 Å². The first-order chi connectivity index (χ1) is 33.7. The molecule has 1 fully saturated rings. The minimum absolute atomic E-state index is 0.0219. The van der Waals surface area contributed by atoms with E-state index in [0.717, 1.165) is 89.9 Å². The quantitative estimate of drug-likeness (QED) is 0.0196. The minimum atomic E-state index is -1.57. The summed E-state index contributed by atoms with van der Waals surface area (Å²) in [5.74, 6) is -0.221. The van der Waals surface area contributed by atoms with Crippen LogP contribution in [0.5, 0.6) is 0 Å². The maximum Gasteiger partial charge on any atom is 0.305 e. The number of hydrogen-bond donors (Lipinski definition) is 6. The Morgan fingerprint density at radius 3 is 1.39 bits per heavy atom. The zero-order valence-electron chi connectivity index (χ0n) is 44.3. The minimum Gasteiger partial charge on any atom is -0.466 e. The van der Waals surface area contributed by atoms with Gasteiger partial charge >= 0.3 is 5.97 Å². The molecule has 0 aromatic heterocycles. The molecule has 7 unspecified atom stereocenters. The van der Waals surface area contributed by atoms with Gasteiger partial charge in [-0.05, 0) is 83.5 Å². The molecule has 1 rings (SSSR count). The summed E-state index contributed by atoms with van der Waals surface area (Å²) in [6, 6.07) is -0.819. The molecule has 1 amide bonds. The Morgan fingerprint density at radius 1 is 0.522 bits per heavy atom. The second-order valence-corrected chi connectivity index (χ2v) is 20.0. The van der Waals surface area contributed by atoms with E-state index in [1.165, 1.54) is 141 Å². The van der Waals surface area contributed by atoms with Crippen LogP contribution in [0.1, 0.15) is 258 Å². The summed E-state index contributed by atoms with van der Waals surface area (Å²) in [7, 11) is 0. The van der Waals surface area contributed by atoms with Gasteiger partial charge in [-0.1, -0.05) is 198 Å². The first-order valence-corrected chi connectivity index (χ1v) is 28.8. The normalized spacial score (nSPS) is 19.6. The van der Waals surface area contributed by atoms with E-state index >= 15 is 0 Å². The van der Waals surface area contributed by atoms with Gasteiger partial charge in [-0.2, -0.15) is 0 Å². The van der Waals surface area contributed by atoms with Gasteiger partial charge in [0.1, 0.15) is 24.4 Å². The fourth-order valence-corrected chi connectivity index (χ4v) is 8.83. The van der Waals surface area contributed by atoms with E-state index in [0.29, 0.717) is 19.4 Å². The lowest BCUT2D eigenvalue weighted by molar-refractivity contribution is -0.302. The van der Waals surface area contributed by atoms with Gasteiger partial charge in [-0.25, -0.2) is 0 Å². The Balaban J connectivity index is 2.06. The second kappa shape index (κ2) is 48.2. The number of rotatable bonds is 49. The number of carbonyl (C=O) groups is 2. The fourth-order valence-electron chi connectivity index (χ4n) is 8.83. The van der Waals surface area contributed by atoms with Gasteiger partial charge in [-0.3, -0.25) is 9.59 Å². The van der Waals surface area contributed by atoms with E-state index in [1.807, 2.05) is 6.08 Å². The van der Waals surface area contributed by atoms with Crippen LogP contribution >= 0.6 is 0 Å². The molecule has 0 aliphatic carbocycles. The van der Waals surface area contributed by atoms with Crippen LogP contribution < -0.4 is 5.32 Å². The number of aliphatic hydroxyl groups excluding tert-OH is 5. The van der Waals surface area contributed by atoms with E-state index in [2.05, 4.69) is 43.5 Å². The summed E-state index contributed by atoms with van der Waals surface area (Å²) in [5, 5.41) is 54.1. The van der Waals surface area contributed by atoms with Crippen molar-refractivity contribution in [1.82, 2.24) is 5.32 Å². The van der Waals surface area contributed by atoms with Crippen molar-refractivity contribution in [2.45, 2.75) is 301 Å². The van der Waals surface area contributed by atoms with E-state index < -0.39 is 49.5 Å². The summed E-state index contributed by atoms with van der Waals surface area (Å²) < 4.78 is 16.7. The Morgan fingerprint density at radius 2 is 0.928 bits per heavy atom. The van der Waals surface area contributed by atoms with Crippen molar-refractivity contribution in [2.75, 3.05) is 19.8 Å². The van der Waals surface area contributed by atoms with Gasteiger partial charge in [0.25, 0.3) is 0 Å². The third kappa shape index (κ3) is 38.2. The molecular formula is C58H107NO10. The molecule has 0 spiro atoms. The summed E-state index contributed by atoms with van der Waals surface area (Å²) in [4.78, 5) is 25.0. The van der Waals surface area contributed by atoms with Crippen LogP contribution in [0.15, 0.2) is 36.5 Å². The van der Waals surface area contributed by atoms with Crippen LogP contribution in [0.25, 0.3) is 0 Å². The summed E-state index contributed by atoms with van der Waals surface area (Å²) in [5.41, 5.74) is 0. The maximum absolute atomic E-state index is 13.0. The Bertz CT molecular complexity index is 1240. The number of hydrogen-bond acceptors (Lipinski definition) is 10. The molecule has 7 atom stereocenters. The topological polar surface area (TPSA) is 175 Å². The lowest BCUT2D eigenvalue weighted by Gasteiger charge is -2.40. The van der Waals surface area contributed by atoms with Crippen molar-refractivity contribution < 1.29 is 49.3 Å². The van der Waals surface area contributed by atoms with Gasteiger partial charge in [0.05, 0.1) is 32.0 Å². The summed E-state index contributed by atoms with van der Waals surface area (Å²) in [6.07, 6.45) is 48.1. The molecule has 6 N–H and O–H groups in total. The molecule has 0 aromatic carbocycles. The zero-order valence-corrected chi connectivity index (χ0v) is 44.3. The lowest BCUT2D eigenvalue weighted by atomic mass is 9.99. The third-order valence-corrected chi connectivity index (χ3v) is 13.5. The average Bonchev–Trinajstić information content (AvgIpc) is 3.34. The highest BCUT2D eigenvalue weighted by atomic mass is 16.7. The number of ether oxygens (including phenoxy) is 3. The zero-order chi connectivity index (χ0) is 50.3. The Hall–Kier alpha value is -2.12. The van der Waals surface area contributed by atoms with Crippen LogP contribution in [-0.4, -0.2) is 100 Å². The first kappa shape index (κ1) is 64.9. The van der Waals surface area contributed by atoms with Gasteiger partial charge in [-0.15, -0.1) is 0 Å². The average molecular weight is 978 g/mol. The predicted molar refractivity (Wildman–Crippen MR) is 283 cm³/mol. The van der Waals surface area contributed by atoms with Crippen molar-refractivity contribution in [1.29, 1.82) is 0 Å². The monoisotopic (exact) mass is 978 g/mol.